The Bertz CT molecular complexity index is 103. The molecule has 88 valence electrons. The first kappa shape index (κ1) is 17.7. The molecule has 0 atom stereocenters. The minimum atomic E-state index is -0.670. The Hall–Kier alpha value is 1.27. The average molecular weight is 379 g/mol. The minimum Gasteiger partial charge on any atom is -1.00 e. The van der Waals surface area contributed by atoms with Crippen LogP contribution < -0.4 is 17.0 Å². The van der Waals surface area contributed by atoms with Crippen LogP contribution in [0.15, 0.2) is 0 Å². The zero-order valence-corrected chi connectivity index (χ0v) is 14.4. The van der Waals surface area contributed by atoms with Crippen molar-refractivity contribution in [1.82, 2.24) is 0 Å². The summed E-state index contributed by atoms with van der Waals surface area (Å²) < 4.78 is 4.82. The van der Waals surface area contributed by atoms with E-state index in [2.05, 4.69) is 34.6 Å². The Morgan fingerprint density at radius 2 is 1.36 bits per heavy atom. The fraction of sp³-hybridized carbons (Fsp3) is 1.00. The zero-order chi connectivity index (χ0) is 10.3. The molecule has 0 radical (unpaired) electrons. The Morgan fingerprint density at radius 3 is 1.64 bits per heavy atom. The predicted octanol–water partition coefficient (Wildman–Crippen LogP) is 1.60. The van der Waals surface area contributed by atoms with Gasteiger partial charge in [-0.05, 0) is 0 Å². The van der Waals surface area contributed by atoms with Crippen LogP contribution >= 0.6 is 0 Å². The van der Waals surface area contributed by atoms with Crippen molar-refractivity contribution in [2.45, 2.75) is 60.9 Å². The average Bonchev–Trinajstić information content (AvgIpc) is 1.98. The Balaban J connectivity index is 0. The summed E-state index contributed by atoms with van der Waals surface area (Å²) in [6.45, 7) is 11.9. The monoisotopic (exact) mass is 380 g/mol. The van der Waals surface area contributed by atoms with Crippen LogP contribution in [0.4, 0.5) is 0 Å². The smallest absolute Gasteiger partial charge is 1.00 e. The van der Waals surface area contributed by atoms with Gasteiger partial charge >= 0.3 is 92.3 Å². The van der Waals surface area contributed by atoms with E-state index in [0.717, 1.165) is 11.8 Å². The van der Waals surface area contributed by atoms with Gasteiger partial charge in [0.05, 0.1) is 0 Å². The van der Waals surface area contributed by atoms with Crippen molar-refractivity contribution in [2.75, 3.05) is 0 Å². The van der Waals surface area contributed by atoms with Crippen molar-refractivity contribution in [3.8, 4) is 0 Å². The molecule has 0 aromatic rings. The SMILES string of the molecule is CCCC[Te+](CC(C)C)CC(C)C.[Br-]. The summed E-state index contributed by atoms with van der Waals surface area (Å²) in [6.07, 6.45) is 2.89. The van der Waals surface area contributed by atoms with Gasteiger partial charge in [0.1, 0.15) is 0 Å². The summed E-state index contributed by atoms with van der Waals surface area (Å²) >= 11 is -0.670. The van der Waals surface area contributed by atoms with Gasteiger partial charge in [0, 0.05) is 0 Å². The van der Waals surface area contributed by atoms with Gasteiger partial charge in [-0.15, -0.1) is 0 Å². The second-order valence-electron chi connectivity index (χ2n) is 4.79. The van der Waals surface area contributed by atoms with E-state index in [1.807, 2.05) is 0 Å². The maximum atomic E-state index is 2.39. The molecule has 0 amide bonds. The van der Waals surface area contributed by atoms with Crippen LogP contribution in [0.1, 0.15) is 47.5 Å². The maximum Gasteiger partial charge on any atom is -1.00 e. The van der Waals surface area contributed by atoms with Gasteiger partial charge in [0.15, 0.2) is 0 Å². The molecule has 0 unspecified atom stereocenters. The molecular formula is C12H27BrTe. The molecule has 0 bridgehead atoms. The van der Waals surface area contributed by atoms with E-state index in [1.54, 1.807) is 13.4 Å². The number of rotatable bonds is 7. The molecule has 0 aliphatic carbocycles. The zero-order valence-electron chi connectivity index (χ0n) is 10.5. The molecule has 0 spiro atoms. The van der Waals surface area contributed by atoms with E-state index in [1.165, 1.54) is 12.8 Å². The van der Waals surface area contributed by atoms with Gasteiger partial charge in [0.25, 0.3) is 0 Å². The molecule has 2 heteroatoms. The van der Waals surface area contributed by atoms with Crippen molar-refractivity contribution in [3.63, 3.8) is 0 Å². The van der Waals surface area contributed by atoms with Gasteiger partial charge in [-0.2, -0.15) is 0 Å². The molecule has 0 aliphatic rings. The van der Waals surface area contributed by atoms with Crippen molar-refractivity contribution < 1.29 is 17.0 Å². The molecule has 0 aliphatic heterocycles. The summed E-state index contributed by atoms with van der Waals surface area (Å²) in [5.74, 6) is 1.90. The second-order valence-corrected chi connectivity index (χ2v) is 11.4. The van der Waals surface area contributed by atoms with Crippen LogP contribution in [0.5, 0.6) is 0 Å². The third-order valence-corrected chi connectivity index (χ3v) is 10.9. The molecule has 0 fully saturated rings. The summed E-state index contributed by atoms with van der Waals surface area (Å²) in [5, 5.41) is 0. The first-order chi connectivity index (χ1) is 6.06. The van der Waals surface area contributed by atoms with Gasteiger partial charge in [-0.1, -0.05) is 0 Å². The van der Waals surface area contributed by atoms with Crippen molar-refractivity contribution in [2.24, 2.45) is 11.8 Å². The van der Waals surface area contributed by atoms with Gasteiger partial charge < -0.3 is 17.0 Å². The van der Waals surface area contributed by atoms with E-state index in [-0.39, 0.29) is 17.0 Å². The van der Waals surface area contributed by atoms with E-state index < -0.39 is 19.6 Å². The van der Waals surface area contributed by atoms with Crippen LogP contribution in [0.25, 0.3) is 0 Å². The standard InChI is InChI=1S/C12H27Te.BrH/c1-6-7-8-13(9-11(2)3)10-12(4)5;/h11-12H,6-10H2,1-5H3;1H/q+1;/p-1. The number of halogens is 1. The number of hydrogen-bond acceptors (Lipinski definition) is 0. The molecule has 14 heavy (non-hydrogen) atoms. The summed E-state index contributed by atoms with van der Waals surface area (Å²) in [5.41, 5.74) is 0. The molecule has 0 rings (SSSR count). The minimum absolute atomic E-state index is 0. The van der Waals surface area contributed by atoms with Crippen LogP contribution in [0.2, 0.25) is 13.4 Å². The van der Waals surface area contributed by atoms with Crippen LogP contribution in [-0.4, -0.2) is 19.6 Å². The fourth-order valence-corrected chi connectivity index (χ4v) is 10.2. The summed E-state index contributed by atoms with van der Waals surface area (Å²) in [6, 6.07) is 0. The first-order valence-electron chi connectivity index (χ1n) is 5.70. The first-order valence-corrected chi connectivity index (χ1v) is 10.6. The molecule has 0 aromatic heterocycles. The second kappa shape index (κ2) is 10.8. The van der Waals surface area contributed by atoms with E-state index in [4.69, 9.17) is 0 Å². The Labute approximate surface area is 109 Å². The van der Waals surface area contributed by atoms with Crippen LogP contribution in [-0.2, 0) is 0 Å². The topological polar surface area (TPSA) is 0 Å². The predicted molar refractivity (Wildman–Crippen MR) is 64.8 cm³/mol. The summed E-state index contributed by atoms with van der Waals surface area (Å²) in [7, 11) is 0. The largest absolute Gasteiger partial charge is 1.00 e. The quantitative estimate of drug-likeness (QED) is 0.590. The molecule has 0 heterocycles. The third kappa shape index (κ3) is 11.3. The molecule has 0 saturated carbocycles. The van der Waals surface area contributed by atoms with Gasteiger partial charge in [0.2, 0.25) is 0 Å². The molecular weight excluding hydrogens is 352 g/mol. The maximum absolute atomic E-state index is 2.39. The van der Waals surface area contributed by atoms with Crippen molar-refractivity contribution >= 4 is 19.6 Å². The molecule has 0 N–H and O–H groups in total. The Morgan fingerprint density at radius 1 is 0.929 bits per heavy atom. The van der Waals surface area contributed by atoms with E-state index in [0.29, 0.717) is 0 Å². The van der Waals surface area contributed by atoms with Crippen LogP contribution in [0, 0.1) is 11.8 Å². The van der Waals surface area contributed by atoms with E-state index in [9.17, 15) is 0 Å². The molecule has 0 saturated heterocycles. The molecule has 0 nitrogen and oxygen atoms in total. The van der Waals surface area contributed by atoms with E-state index >= 15 is 0 Å². The van der Waals surface area contributed by atoms with Crippen LogP contribution in [0.3, 0.4) is 0 Å². The number of unbranched alkanes of at least 4 members (excludes halogenated alkanes) is 1. The van der Waals surface area contributed by atoms with Crippen molar-refractivity contribution in [1.29, 1.82) is 0 Å². The Kier molecular flexibility index (Phi) is 13.6. The van der Waals surface area contributed by atoms with Gasteiger partial charge in [-0.25, -0.2) is 0 Å². The van der Waals surface area contributed by atoms with Gasteiger partial charge in [-0.3, -0.25) is 0 Å². The summed E-state index contributed by atoms with van der Waals surface area (Å²) in [4.78, 5) is 0. The fourth-order valence-electron chi connectivity index (χ4n) is 1.53. The molecule has 0 aromatic carbocycles. The normalized spacial score (nSPS) is 11.1. The third-order valence-electron chi connectivity index (χ3n) is 1.92. The van der Waals surface area contributed by atoms with Crippen molar-refractivity contribution in [3.05, 3.63) is 0 Å². The number of hydrogen-bond donors (Lipinski definition) is 0.